The van der Waals surface area contributed by atoms with Crippen molar-refractivity contribution in [3.8, 4) is 22.4 Å². The van der Waals surface area contributed by atoms with Crippen LogP contribution in [0.1, 0.15) is 0 Å². The van der Waals surface area contributed by atoms with Crippen molar-refractivity contribution in [3.05, 3.63) is 53.8 Å². The van der Waals surface area contributed by atoms with Gasteiger partial charge in [-0.3, -0.25) is 9.78 Å². The minimum atomic E-state index is -0.530. The van der Waals surface area contributed by atoms with Crippen LogP contribution in [0.15, 0.2) is 43.0 Å². The number of aromatic nitrogens is 6. The van der Waals surface area contributed by atoms with Crippen molar-refractivity contribution in [2.75, 3.05) is 5.73 Å². The molecule has 4 aromatic heterocycles. The van der Waals surface area contributed by atoms with Gasteiger partial charge in [0.1, 0.15) is 11.5 Å². The highest BCUT2D eigenvalue weighted by Gasteiger charge is 2.23. The molecule has 0 unspecified atom stereocenters. The molecular weight excluding hydrogens is 369 g/mol. The SMILES string of the molecule is Cn1nccc1-c1c(F)c(Cl)c(-c2ccc3nc(N)cn3c2)c2cn[nH]c12. The normalized spacial score (nSPS) is 11.7. The Bertz CT molecular complexity index is 1330. The average molecular weight is 382 g/mol. The first-order valence-electron chi connectivity index (χ1n) is 8.11. The molecule has 0 saturated heterocycles. The van der Waals surface area contributed by atoms with Crippen LogP contribution in [-0.2, 0) is 7.05 Å². The van der Waals surface area contributed by atoms with Crippen molar-refractivity contribution in [2.45, 2.75) is 0 Å². The number of aromatic amines is 1. The molecule has 0 fully saturated rings. The largest absolute Gasteiger partial charge is 0.382 e. The van der Waals surface area contributed by atoms with Gasteiger partial charge >= 0.3 is 0 Å². The molecule has 1 aromatic carbocycles. The molecule has 7 nitrogen and oxygen atoms in total. The van der Waals surface area contributed by atoms with E-state index in [0.717, 1.165) is 5.56 Å². The van der Waals surface area contributed by atoms with Gasteiger partial charge in [0, 0.05) is 36.0 Å². The number of nitrogens with two attached hydrogens (primary N) is 1. The zero-order valence-electron chi connectivity index (χ0n) is 14.1. The van der Waals surface area contributed by atoms with Crippen LogP contribution in [0.4, 0.5) is 10.2 Å². The summed E-state index contributed by atoms with van der Waals surface area (Å²) >= 11 is 6.50. The number of nitrogens with one attached hydrogen (secondary N) is 1. The van der Waals surface area contributed by atoms with Gasteiger partial charge in [-0.15, -0.1) is 0 Å². The lowest BCUT2D eigenvalue weighted by atomic mass is 9.98. The summed E-state index contributed by atoms with van der Waals surface area (Å²) in [7, 11) is 1.75. The zero-order valence-corrected chi connectivity index (χ0v) is 14.9. The maximum absolute atomic E-state index is 15.4. The number of pyridine rings is 1. The van der Waals surface area contributed by atoms with E-state index < -0.39 is 5.82 Å². The maximum atomic E-state index is 15.4. The molecule has 0 atom stereocenters. The van der Waals surface area contributed by atoms with Gasteiger partial charge < -0.3 is 10.1 Å². The number of hydrogen-bond donors (Lipinski definition) is 2. The van der Waals surface area contributed by atoms with E-state index in [4.69, 9.17) is 17.3 Å². The van der Waals surface area contributed by atoms with E-state index in [1.54, 1.807) is 46.9 Å². The Morgan fingerprint density at radius 3 is 2.81 bits per heavy atom. The Morgan fingerprint density at radius 2 is 2.04 bits per heavy atom. The Kier molecular flexibility index (Phi) is 3.26. The predicted molar refractivity (Wildman–Crippen MR) is 102 cm³/mol. The summed E-state index contributed by atoms with van der Waals surface area (Å²) in [6, 6.07) is 5.37. The monoisotopic (exact) mass is 381 g/mol. The smallest absolute Gasteiger partial charge is 0.153 e. The van der Waals surface area contributed by atoms with Gasteiger partial charge in [-0.25, -0.2) is 9.37 Å². The van der Waals surface area contributed by atoms with E-state index in [1.807, 2.05) is 12.3 Å². The number of H-pyrrole nitrogens is 1. The van der Waals surface area contributed by atoms with E-state index in [2.05, 4.69) is 20.3 Å². The molecule has 9 heteroatoms. The molecule has 5 rings (SSSR count). The lowest BCUT2D eigenvalue weighted by molar-refractivity contribution is 0.630. The third kappa shape index (κ3) is 2.23. The Hall–Kier alpha value is -3.39. The first-order valence-corrected chi connectivity index (χ1v) is 8.49. The third-order valence-corrected chi connectivity index (χ3v) is 4.98. The fraction of sp³-hybridized carbons (Fsp3) is 0.0556. The highest BCUT2D eigenvalue weighted by atomic mass is 35.5. The van der Waals surface area contributed by atoms with Gasteiger partial charge in [0.25, 0.3) is 0 Å². The summed E-state index contributed by atoms with van der Waals surface area (Å²) in [5.41, 5.74) is 9.23. The summed E-state index contributed by atoms with van der Waals surface area (Å²) < 4.78 is 18.7. The molecule has 5 aromatic rings. The van der Waals surface area contributed by atoms with Crippen molar-refractivity contribution in [2.24, 2.45) is 7.05 Å². The van der Waals surface area contributed by atoms with Crippen LogP contribution in [0.3, 0.4) is 0 Å². The summed E-state index contributed by atoms with van der Waals surface area (Å²) in [5, 5.41) is 11.9. The van der Waals surface area contributed by atoms with Gasteiger partial charge in [0.05, 0.1) is 34.2 Å². The van der Waals surface area contributed by atoms with Gasteiger partial charge in [-0.05, 0) is 18.2 Å². The lowest BCUT2D eigenvalue weighted by Crippen LogP contribution is -1.99. The van der Waals surface area contributed by atoms with E-state index in [9.17, 15) is 0 Å². The van der Waals surface area contributed by atoms with Crippen molar-refractivity contribution in [1.29, 1.82) is 0 Å². The van der Waals surface area contributed by atoms with E-state index in [1.165, 1.54) is 0 Å². The number of fused-ring (bicyclic) bond motifs is 2. The second kappa shape index (κ2) is 5.55. The molecule has 27 heavy (non-hydrogen) atoms. The second-order valence-electron chi connectivity index (χ2n) is 6.23. The molecule has 134 valence electrons. The average Bonchev–Trinajstić information content (AvgIpc) is 3.35. The summed E-state index contributed by atoms with van der Waals surface area (Å²) in [6.07, 6.45) is 6.76. The van der Waals surface area contributed by atoms with E-state index in [-0.39, 0.29) is 5.02 Å². The topological polar surface area (TPSA) is 89.8 Å². The molecule has 4 heterocycles. The second-order valence-corrected chi connectivity index (χ2v) is 6.60. The first-order chi connectivity index (χ1) is 13.0. The minimum absolute atomic E-state index is 0.0209. The van der Waals surface area contributed by atoms with Crippen molar-refractivity contribution >= 4 is 34.0 Å². The van der Waals surface area contributed by atoms with Crippen LogP contribution in [0.25, 0.3) is 38.9 Å². The number of nitrogens with zero attached hydrogens (tertiary/aromatic N) is 5. The van der Waals surface area contributed by atoms with E-state index in [0.29, 0.717) is 39.2 Å². The fourth-order valence-electron chi connectivity index (χ4n) is 3.41. The number of imidazole rings is 1. The van der Waals surface area contributed by atoms with Gasteiger partial charge in [-0.1, -0.05) is 11.6 Å². The summed E-state index contributed by atoms with van der Waals surface area (Å²) in [5.74, 6) is -0.123. The predicted octanol–water partition coefficient (Wildman–Crippen LogP) is 3.65. The third-order valence-electron chi connectivity index (χ3n) is 4.63. The quantitative estimate of drug-likeness (QED) is 0.488. The number of aryl methyl sites for hydroxylation is 1. The Labute approximate surface area is 157 Å². The highest BCUT2D eigenvalue weighted by molar-refractivity contribution is 6.36. The minimum Gasteiger partial charge on any atom is -0.382 e. The van der Waals surface area contributed by atoms with Crippen LogP contribution in [0.5, 0.6) is 0 Å². The standard InChI is InChI=1S/C18H13ClFN7/c1-26-11(4-5-23-26)15-17(20)16(19)14(10-6-22-25-18(10)15)9-2-3-13-24-12(21)8-27(13)7-9/h2-8H,21H2,1H3,(H,22,25). The van der Waals surface area contributed by atoms with Crippen LogP contribution >= 0.6 is 11.6 Å². The summed E-state index contributed by atoms with van der Waals surface area (Å²) in [4.78, 5) is 4.20. The van der Waals surface area contributed by atoms with E-state index >= 15 is 4.39 Å². The summed E-state index contributed by atoms with van der Waals surface area (Å²) in [6.45, 7) is 0. The van der Waals surface area contributed by atoms with Gasteiger partial charge in [0.15, 0.2) is 5.82 Å². The molecule has 3 N–H and O–H groups in total. The fourth-order valence-corrected chi connectivity index (χ4v) is 3.72. The highest BCUT2D eigenvalue weighted by Crippen LogP contribution is 2.42. The van der Waals surface area contributed by atoms with Crippen molar-refractivity contribution in [3.63, 3.8) is 0 Å². The van der Waals surface area contributed by atoms with Crippen LogP contribution in [0, 0.1) is 5.82 Å². The lowest BCUT2D eigenvalue weighted by Gasteiger charge is -2.13. The number of nitrogen functional groups attached to an aromatic ring is 1. The number of rotatable bonds is 2. The number of anilines is 1. The molecule has 0 aliphatic heterocycles. The number of hydrogen-bond acceptors (Lipinski definition) is 4. The molecule has 0 aliphatic carbocycles. The molecule has 0 amide bonds. The molecule has 0 radical (unpaired) electrons. The molecule has 0 saturated carbocycles. The number of benzene rings is 1. The van der Waals surface area contributed by atoms with Crippen LogP contribution < -0.4 is 5.73 Å². The first kappa shape index (κ1) is 15.8. The van der Waals surface area contributed by atoms with Crippen molar-refractivity contribution in [1.82, 2.24) is 29.4 Å². The Morgan fingerprint density at radius 1 is 1.19 bits per heavy atom. The number of halogens is 2. The zero-order chi connectivity index (χ0) is 18.7. The maximum Gasteiger partial charge on any atom is 0.153 e. The molecular formula is C18H13ClFN7. The molecule has 0 aliphatic rings. The van der Waals surface area contributed by atoms with Crippen LogP contribution in [0.2, 0.25) is 5.02 Å². The molecule has 0 spiro atoms. The van der Waals surface area contributed by atoms with Gasteiger partial charge in [-0.2, -0.15) is 10.2 Å². The molecule has 0 bridgehead atoms. The van der Waals surface area contributed by atoms with Crippen molar-refractivity contribution < 1.29 is 4.39 Å². The Balaban J connectivity index is 1.84. The van der Waals surface area contributed by atoms with Crippen LogP contribution in [-0.4, -0.2) is 29.4 Å². The van der Waals surface area contributed by atoms with Gasteiger partial charge in [0.2, 0.25) is 0 Å².